The fourth-order valence-electron chi connectivity index (χ4n) is 2.42. The zero-order valence-electron chi connectivity index (χ0n) is 11.6. The lowest BCUT2D eigenvalue weighted by Gasteiger charge is -2.07. The van der Waals surface area contributed by atoms with Gasteiger partial charge in [0.2, 0.25) is 0 Å². The summed E-state index contributed by atoms with van der Waals surface area (Å²) < 4.78 is 2.22. The van der Waals surface area contributed by atoms with E-state index < -0.39 is 0 Å². The summed E-state index contributed by atoms with van der Waals surface area (Å²) in [4.78, 5) is 16.5. The third kappa shape index (κ3) is 2.33. The zero-order valence-corrected chi connectivity index (χ0v) is 12.4. The number of rotatable bonds is 3. The second-order valence-corrected chi connectivity index (χ2v) is 6.12. The molecule has 0 aromatic carbocycles. The highest BCUT2D eigenvalue weighted by molar-refractivity contribution is 7.97. The molecule has 0 atom stereocenters. The number of fused-ring (bicyclic) bond motifs is 1. The van der Waals surface area contributed by atoms with Gasteiger partial charge in [-0.15, -0.1) is 11.8 Å². The van der Waals surface area contributed by atoms with E-state index in [9.17, 15) is 4.79 Å². The molecule has 20 heavy (non-hydrogen) atoms. The number of carbonyl (C=O) groups excluding carboxylic acids is 1. The highest BCUT2D eigenvalue weighted by Crippen LogP contribution is 2.34. The fourth-order valence-corrected chi connectivity index (χ4v) is 3.49. The number of pyridine rings is 1. The van der Waals surface area contributed by atoms with Crippen LogP contribution in [-0.2, 0) is 11.6 Å². The molecule has 0 saturated heterocycles. The molecule has 1 aliphatic rings. The van der Waals surface area contributed by atoms with E-state index in [0.717, 1.165) is 34.1 Å². The lowest BCUT2D eigenvalue weighted by atomic mass is 10.1. The van der Waals surface area contributed by atoms with Crippen molar-refractivity contribution in [2.24, 2.45) is 0 Å². The van der Waals surface area contributed by atoms with Crippen LogP contribution in [0, 0.1) is 0 Å². The number of hydrogen-bond donors (Lipinski definition) is 1. The Labute approximate surface area is 122 Å². The number of nitrogens with one attached hydrogen (secondary N) is 1. The Hall–Kier alpha value is -1.75. The first-order valence-electron chi connectivity index (χ1n) is 6.68. The van der Waals surface area contributed by atoms with E-state index in [-0.39, 0.29) is 11.9 Å². The maximum Gasteiger partial charge on any atom is 0.253 e. The molecule has 0 saturated carbocycles. The van der Waals surface area contributed by atoms with Crippen LogP contribution < -0.4 is 5.32 Å². The summed E-state index contributed by atoms with van der Waals surface area (Å²) in [5, 5.41) is 2.98. The van der Waals surface area contributed by atoms with E-state index in [0.29, 0.717) is 0 Å². The molecule has 5 heteroatoms. The Kier molecular flexibility index (Phi) is 3.53. The second-order valence-electron chi connectivity index (χ2n) is 5.17. The second kappa shape index (κ2) is 5.32. The molecule has 1 amide bonds. The summed E-state index contributed by atoms with van der Waals surface area (Å²) in [6.07, 6.45) is 3.61. The minimum atomic E-state index is 0.0152. The molecule has 1 aliphatic heterocycles. The average Bonchev–Trinajstić information content (AvgIpc) is 3.00. The van der Waals surface area contributed by atoms with E-state index in [2.05, 4.69) is 14.9 Å². The van der Waals surface area contributed by atoms with Crippen molar-refractivity contribution in [2.45, 2.75) is 31.5 Å². The lowest BCUT2D eigenvalue weighted by molar-refractivity contribution is 0.0942. The first-order valence-corrected chi connectivity index (χ1v) is 7.83. The lowest BCUT2D eigenvalue weighted by Crippen LogP contribution is -2.30. The van der Waals surface area contributed by atoms with Crippen LogP contribution >= 0.6 is 11.8 Å². The number of carbonyl (C=O) groups is 1. The molecule has 0 bridgehead atoms. The molecule has 0 fully saturated rings. The Morgan fingerprint density at radius 2 is 2.35 bits per heavy atom. The van der Waals surface area contributed by atoms with Gasteiger partial charge in [0.1, 0.15) is 0 Å². The topological polar surface area (TPSA) is 46.9 Å². The third-order valence-corrected chi connectivity index (χ3v) is 4.21. The van der Waals surface area contributed by atoms with Crippen molar-refractivity contribution in [1.82, 2.24) is 14.9 Å². The Morgan fingerprint density at radius 3 is 3.05 bits per heavy atom. The minimum absolute atomic E-state index is 0.0152. The summed E-state index contributed by atoms with van der Waals surface area (Å²) in [7, 11) is 0. The van der Waals surface area contributed by atoms with Crippen LogP contribution in [0.3, 0.4) is 0 Å². The van der Waals surface area contributed by atoms with E-state index >= 15 is 0 Å². The van der Waals surface area contributed by atoms with E-state index in [1.165, 1.54) is 0 Å². The van der Waals surface area contributed by atoms with Crippen LogP contribution in [-0.4, -0.2) is 21.5 Å². The molecule has 2 aromatic rings. The summed E-state index contributed by atoms with van der Waals surface area (Å²) in [6, 6.07) is 6.09. The molecule has 0 aliphatic carbocycles. The molecular weight excluding hydrogens is 270 g/mol. The quantitative estimate of drug-likeness (QED) is 0.944. The summed E-state index contributed by atoms with van der Waals surface area (Å²) in [5.41, 5.74) is 4.04. The van der Waals surface area contributed by atoms with Gasteiger partial charge >= 0.3 is 0 Å². The standard InChI is InChI=1S/C15H17N3OS/c1-10(2)17-15(19)12-6-13(11-4-3-5-16-7-11)18-9-20-8-14(12)18/h3-7,10H,8-9H2,1-2H3,(H,17,19). The number of nitrogens with zero attached hydrogens (tertiary/aromatic N) is 2. The van der Waals surface area contributed by atoms with Crippen LogP contribution in [0.1, 0.15) is 29.9 Å². The van der Waals surface area contributed by atoms with Crippen LogP contribution in [0.2, 0.25) is 0 Å². The van der Waals surface area contributed by atoms with Crippen LogP contribution in [0.15, 0.2) is 30.6 Å². The van der Waals surface area contributed by atoms with E-state index in [1.54, 1.807) is 6.20 Å². The Balaban J connectivity index is 2.04. The van der Waals surface area contributed by atoms with E-state index in [1.807, 2.05) is 50.0 Å². The molecule has 2 aromatic heterocycles. The van der Waals surface area contributed by atoms with Crippen molar-refractivity contribution in [3.63, 3.8) is 0 Å². The van der Waals surface area contributed by atoms with Gasteiger partial charge in [0.15, 0.2) is 0 Å². The van der Waals surface area contributed by atoms with Crippen molar-refractivity contribution < 1.29 is 4.79 Å². The fraction of sp³-hybridized carbons (Fsp3) is 0.333. The summed E-state index contributed by atoms with van der Waals surface area (Å²) in [6.45, 7) is 3.95. The van der Waals surface area contributed by atoms with Gasteiger partial charge < -0.3 is 9.88 Å². The third-order valence-electron chi connectivity index (χ3n) is 3.29. The average molecular weight is 287 g/mol. The van der Waals surface area contributed by atoms with Gasteiger partial charge in [0.05, 0.1) is 17.1 Å². The molecule has 1 N–H and O–H groups in total. The van der Waals surface area contributed by atoms with Crippen molar-refractivity contribution in [2.75, 3.05) is 0 Å². The molecule has 4 nitrogen and oxygen atoms in total. The Morgan fingerprint density at radius 1 is 1.50 bits per heavy atom. The number of thioether (sulfide) groups is 1. The predicted octanol–water partition coefficient (Wildman–Crippen LogP) is 2.89. The van der Waals surface area contributed by atoms with Gasteiger partial charge in [-0.2, -0.15) is 0 Å². The maximum absolute atomic E-state index is 12.3. The predicted molar refractivity (Wildman–Crippen MR) is 81.6 cm³/mol. The summed E-state index contributed by atoms with van der Waals surface area (Å²) in [5.74, 6) is 1.80. The molecular formula is C15H17N3OS. The molecule has 0 spiro atoms. The molecule has 0 unspecified atom stereocenters. The van der Waals surface area contributed by atoms with Gasteiger partial charge in [-0.3, -0.25) is 9.78 Å². The van der Waals surface area contributed by atoms with Gasteiger partial charge in [0.25, 0.3) is 5.91 Å². The first-order chi connectivity index (χ1) is 9.66. The van der Waals surface area contributed by atoms with Crippen LogP contribution in [0.5, 0.6) is 0 Å². The normalized spacial score (nSPS) is 13.6. The maximum atomic E-state index is 12.3. The summed E-state index contributed by atoms with van der Waals surface area (Å²) >= 11 is 1.83. The van der Waals surface area contributed by atoms with Crippen molar-refractivity contribution in [3.05, 3.63) is 41.9 Å². The van der Waals surface area contributed by atoms with Gasteiger partial charge in [-0.05, 0) is 32.0 Å². The largest absolute Gasteiger partial charge is 0.350 e. The minimum Gasteiger partial charge on any atom is -0.350 e. The van der Waals surface area contributed by atoms with Crippen LogP contribution in [0.4, 0.5) is 0 Å². The highest BCUT2D eigenvalue weighted by Gasteiger charge is 2.24. The molecule has 3 heterocycles. The first kappa shape index (κ1) is 13.2. The number of hydrogen-bond acceptors (Lipinski definition) is 3. The van der Waals surface area contributed by atoms with E-state index in [4.69, 9.17) is 0 Å². The molecule has 104 valence electrons. The molecule has 0 radical (unpaired) electrons. The monoisotopic (exact) mass is 287 g/mol. The van der Waals surface area contributed by atoms with Crippen molar-refractivity contribution >= 4 is 17.7 Å². The Bertz CT molecular complexity index is 634. The van der Waals surface area contributed by atoms with Crippen LogP contribution in [0.25, 0.3) is 11.3 Å². The number of amides is 1. The highest BCUT2D eigenvalue weighted by atomic mass is 32.2. The zero-order chi connectivity index (χ0) is 14.1. The smallest absolute Gasteiger partial charge is 0.253 e. The van der Waals surface area contributed by atoms with Gasteiger partial charge in [0, 0.05) is 35.4 Å². The number of aromatic nitrogens is 2. The van der Waals surface area contributed by atoms with Crippen molar-refractivity contribution in [3.8, 4) is 11.3 Å². The van der Waals surface area contributed by atoms with Crippen molar-refractivity contribution in [1.29, 1.82) is 0 Å². The van der Waals surface area contributed by atoms with Gasteiger partial charge in [-0.1, -0.05) is 0 Å². The SMILES string of the molecule is CC(C)NC(=O)c1cc(-c2cccnc2)n2c1CSC2. The van der Waals surface area contributed by atoms with Gasteiger partial charge in [-0.25, -0.2) is 0 Å². The molecule has 3 rings (SSSR count).